The van der Waals surface area contributed by atoms with Crippen molar-refractivity contribution < 1.29 is 9.47 Å². The highest BCUT2D eigenvalue weighted by Gasteiger charge is 2.11. The van der Waals surface area contributed by atoms with Crippen LogP contribution in [0, 0.1) is 0 Å². The third-order valence-electron chi connectivity index (χ3n) is 2.16. The van der Waals surface area contributed by atoms with Crippen LogP contribution in [0.5, 0.6) is 11.5 Å². The summed E-state index contributed by atoms with van der Waals surface area (Å²) in [4.78, 5) is 0. The van der Waals surface area contributed by atoms with E-state index < -0.39 is 0 Å². The van der Waals surface area contributed by atoms with Gasteiger partial charge in [-0.15, -0.1) is 0 Å². The fourth-order valence-corrected chi connectivity index (χ4v) is 1.59. The lowest BCUT2D eigenvalue weighted by Crippen LogP contribution is -2.19. The quantitative estimate of drug-likeness (QED) is 0.771. The van der Waals surface area contributed by atoms with Crippen LogP contribution in [-0.2, 0) is 6.42 Å². The monoisotopic (exact) mass is 193 g/mol. The standard InChI is InChI=1S/C11H15NO2/c1-8(12)6-9-2-3-10-11(7-9)14-5-4-13-10/h2-3,7-8H,4-6,12H2,1H3/t8-/m1/s1. The lowest BCUT2D eigenvalue weighted by Gasteiger charge is -2.19. The Kier molecular flexibility index (Phi) is 2.59. The molecule has 76 valence electrons. The van der Waals surface area contributed by atoms with E-state index in [-0.39, 0.29) is 6.04 Å². The number of benzene rings is 1. The second-order valence-electron chi connectivity index (χ2n) is 3.66. The molecular weight excluding hydrogens is 178 g/mol. The van der Waals surface area contributed by atoms with E-state index in [0.717, 1.165) is 17.9 Å². The van der Waals surface area contributed by atoms with Gasteiger partial charge in [0.05, 0.1) is 0 Å². The van der Waals surface area contributed by atoms with E-state index in [4.69, 9.17) is 15.2 Å². The molecule has 2 N–H and O–H groups in total. The fourth-order valence-electron chi connectivity index (χ4n) is 1.59. The largest absolute Gasteiger partial charge is 0.486 e. The number of rotatable bonds is 2. The lowest BCUT2D eigenvalue weighted by atomic mass is 10.1. The molecule has 0 fully saturated rings. The van der Waals surface area contributed by atoms with Gasteiger partial charge in [-0.2, -0.15) is 0 Å². The molecule has 0 aromatic heterocycles. The first kappa shape index (κ1) is 9.34. The Morgan fingerprint density at radius 2 is 2.00 bits per heavy atom. The van der Waals surface area contributed by atoms with Gasteiger partial charge in [-0.25, -0.2) is 0 Å². The molecule has 14 heavy (non-hydrogen) atoms. The summed E-state index contributed by atoms with van der Waals surface area (Å²) in [6, 6.07) is 6.18. The molecule has 0 aliphatic carbocycles. The van der Waals surface area contributed by atoms with Crippen molar-refractivity contribution in [3.8, 4) is 11.5 Å². The Hall–Kier alpha value is -1.22. The second kappa shape index (κ2) is 3.88. The molecule has 1 aromatic carbocycles. The number of hydrogen-bond acceptors (Lipinski definition) is 3. The molecule has 3 heteroatoms. The Labute approximate surface area is 83.8 Å². The van der Waals surface area contributed by atoms with E-state index in [2.05, 4.69) is 0 Å². The molecule has 0 saturated heterocycles. The average molecular weight is 193 g/mol. The van der Waals surface area contributed by atoms with Crippen LogP contribution in [0.3, 0.4) is 0 Å². The minimum absolute atomic E-state index is 0.178. The summed E-state index contributed by atoms with van der Waals surface area (Å²) in [5.74, 6) is 1.68. The molecule has 0 amide bonds. The molecule has 0 spiro atoms. The predicted molar refractivity (Wildman–Crippen MR) is 54.8 cm³/mol. The Morgan fingerprint density at radius 3 is 2.71 bits per heavy atom. The Bertz CT molecular complexity index is 323. The third kappa shape index (κ3) is 1.99. The van der Waals surface area contributed by atoms with Crippen LogP contribution in [0.25, 0.3) is 0 Å². The number of ether oxygens (including phenoxy) is 2. The lowest BCUT2D eigenvalue weighted by molar-refractivity contribution is 0.171. The van der Waals surface area contributed by atoms with Gasteiger partial charge in [0.2, 0.25) is 0 Å². The van der Waals surface area contributed by atoms with Gasteiger partial charge < -0.3 is 15.2 Å². The topological polar surface area (TPSA) is 44.5 Å². The minimum atomic E-state index is 0.178. The molecule has 0 bridgehead atoms. The zero-order valence-electron chi connectivity index (χ0n) is 8.32. The molecule has 2 rings (SSSR count). The van der Waals surface area contributed by atoms with Crippen LogP contribution >= 0.6 is 0 Å². The van der Waals surface area contributed by atoms with Gasteiger partial charge in [0.1, 0.15) is 13.2 Å². The summed E-state index contributed by atoms with van der Waals surface area (Å²) >= 11 is 0. The first-order chi connectivity index (χ1) is 6.75. The molecule has 3 nitrogen and oxygen atoms in total. The Morgan fingerprint density at radius 1 is 1.29 bits per heavy atom. The molecule has 1 aliphatic rings. The molecule has 1 aromatic rings. The van der Waals surface area contributed by atoms with Gasteiger partial charge in [0.25, 0.3) is 0 Å². The molecular formula is C11H15NO2. The van der Waals surface area contributed by atoms with Gasteiger partial charge in [-0.1, -0.05) is 6.07 Å². The van der Waals surface area contributed by atoms with Gasteiger partial charge in [-0.3, -0.25) is 0 Å². The van der Waals surface area contributed by atoms with Gasteiger partial charge in [0.15, 0.2) is 11.5 Å². The smallest absolute Gasteiger partial charge is 0.161 e. The van der Waals surface area contributed by atoms with Crippen molar-refractivity contribution in [1.29, 1.82) is 0 Å². The van der Waals surface area contributed by atoms with Crippen molar-refractivity contribution in [1.82, 2.24) is 0 Å². The first-order valence-corrected chi connectivity index (χ1v) is 4.90. The summed E-state index contributed by atoms with van der Waals surface area (Å²) < 4.78 is 10.9. The van der Waals surface area contributed by atoms with Crippen molar-refractivity contribution in [2.45, 2.75) is 19.4 Å². The van der Waals surface area contributed by atoms with E-state index in [9.17, 15) is 0 Å². The molecule has 0 saturated carbocycles. The molecule has 1 atom stereocenters. The van der Waals surface area contributed by atoms with E-state index in [1.165, 1.54) is 5.56 Å². The molecule has 0 unspecified atom stereocenters. The van der Waals surface area contributed by atoms with Crippen molar-refractivity contribution in [2.24, 2.45) is 5.73 Å². The van der Waals surface area contributed by atoms with Crippen LogP contribution in [0.15, 0.2) is 18.2 Å². The minimum Gasteiger partial charge on any atom is -0.486 e. The van der Waals surface area contributed by atoms with E-state index in [1.807, 2.05) is 25.1 Å². The number of nitrogens with two attached hydrogens (primary N) is 1. The zero-order chi connectivity index (χ0) is 9.97. The maximum Gasteiger partial charge on any atom is 0.161 e. The van der Waals surface area contributed by atoms with E-state index in [1.54, 1.807) is 0 Å². The third-order valence-corrected chi connectivity index (χ3v) is 2.16. The van der Waals surface area contributed by atoms with Gasteiger partial charge >= 0.3 is 0 Å². The van der Waals surface area contributed by atoms with Crippen molar-refractivity contribution in [2.75, 3.05) is 13.2 Å². The van der Waals surface area contributed by atoms with E-state index >= 15 is 0 Å². The summed E-state index contributed by atoms with van der Waals surface area (Å²) in [6.07, 6.45) is 0.872. The molecule has 0 radical (unpaired) electrons. The summed E-state index contributed by atoms with van der Waals surface area (Å²) in [7, 11) is 0. The predicted octanol–water partition coefficient (Wildman–Crippen LogP) is 1.35. The second-order valence-corrected chi connectivity index (χ2v) is 3.66. The van der Waals surface area contributed by atoms with Crippen LogP contribution in [0.2, 0.25) is 0 Å². The van der Waals surface area contributed by atoms with Crippen molar-refractivity contribution in [3.63, 3.8) is 0 Å². The highest BCUT2D eigenvalue weighted by atomic mass is 16.6. The van der Waals surface area contributed by atoms with Gasteiger partial charge in [-0.05, 0) is 31.0 Å². The number of fused-ring (bicyclic) bond motifs is 1. The van der Waals surface area contributed by atoms with E-state index in [0.29, 0.717) is 13.2 Å². The maximum atomic E-state index is 5.73. The summed E-state index contributed by atoms with van der Waals surface area (Å²) in [6.45, 7) is 3.27. The molecule has 1 aliphatic heterocycles. The summed E-state index contributed by atoms with van der Waals surface area (Å²) in [5, 5.41) is 0. The van der Waals surface area contributed by atoms with Gasteiger partial charge in [0, 0.05) is 6.04 Å². The Balaban J connectivity index is 2.20. The number of hydrogen-bond donors (Lipinski definition) is 1. The molecule has 1 heterocycles. The normalized spacial score (nSPS) is 16.4. The fraction of sp³-hybridized carbons (Fsp3) is 0.455. The van der Waals surface area contributed by atoms with Crippen LogP contribution < -0.4 is 15.2 Å². The summed E-state index contributed by atoms with van der Waals surface area (Å²) in [5.41, 5.74) is 6.93. The zero-order valence-corrected chi connectivity index (χ0v) is 8.32. The van der Waals surface area contributed by atoms with Crippen molar-refractivity contribution in [3.05, 3.63) is 23.8 Å². The SMILES string of the molecule is C[C@@H](N)Cc1ccc2c(c1)OCCO2. The van der Waals surface area contributed by atoms with Crippen LogP contribution in [0.1, 0.15) is 12.5 Å². The van der Waals surface area contributed by atoms with Crippen LogP contribution in [0.4, 0.5) is 0 Å². The highest BCUT2D eigenvalue weighted by molar-refractivity contribution is 5.43. The first-order valence-electron chi connectivity index (χ1n) is 4.90. The highest BCUT2D eigenvalue weighted by Crippen LogP contribution is 2.30. The average Bonchev–Trinajstić information content (AvgIpc) is 2.17. The maximum absolute atomic E-state index is 5.73. The van der Waals surface area contributed by atoms with Crippen LogP contribution in [-0.4, -0.2) is 19.3 Å². The van der Waals surface area contributed by atoms with Crippen molar-refractivity contribution >= 4 is 0 Å².